The number of fused-ring (bicyclic) bond motifs is 1. The van der Waals surface area contributed by atoms with Crippen LogP contribution in [0.1, 0.15) is 26.3 Å². The van der Waals surface area contributed by atoms with E-state index in [1.165, 1.54) is 0 Å². The maximum atomic E-state index is 12.8. The van der Waals surface area contributed by atoms with Crippen molar-refractivity contribution in [1.82, 2.24) is 14.9 Å². The molecule has 0 radical (unpaired) electrons. The fourth-order valence-electron chi connectivity index (χ4n) is 5.19. The molecule has 1 aromatic heterocycles. The van der Waals surface area contributed by atoms with Crippen LogP contribution in [0, 0.1) is 5.41 Å². The molecular formula is C36H43N7O7. The van der Waals surface area contributed by atoms with Crippen LogP contribution in [0.5, 0.6) is 11.5 Å². The first-order chi connectivity index (χ1) is 24.0. The smallest absolute Gasteiger partial charge is 0.412 e. The van der Waals surface area contributed by atoms with Crippen LogP contribution in [0.3, 0.4) is 0 Å². The number of carbonyl (C=O) groups is 2. The van der Waals surface area contributed by atoms with E-state index in [2.05, 4.69) is 20.9 Å². The van der Waals surface area contributed by atoms with Gasteiger partial charge in [-0.05, 0) is 57.2 Å². The van der Waals surface area contributed by atoms with Crippen LogP contribution >= 0.6 is 0 Å². The number of aromatic nitrogens is 2. The first-order valence-corrected chi connectivity index (χ1v) is 16.2. The highest BCUT2D eigenvalue weighted by atomic mass is 16.6. The van der Waals surface area contributed by atoms with Crippen molar-refractivity contribution >= 4 is 52.0 Å². The summed E-state index contributed by atoms with van der Waals surface area (Å²) in [5.74, 6) is 1.70. The van der Waals surface area contributed by atoms with Crippen LogP contribution in [0.25, 0.3) is 22.3 Å². The molecule has 50 heavy (non-hydrogen) atoms. The Hall–Kier alpha value is -5.31. The highest BCUT2D eigenvalue weighted by Crippen LogP contribution is 2.37. The second-order valence-corrected chi connectivity index (χ2v) is 12.5. The number of methoxy groups -OCH3 is 2. The number of ether oxygens (including phenoxy) is 5. The van der Waals surface area contributed by atoms with Crippen molar-refractivity contribution in [2.24, 2.45) is 0 Å². The lowest BCUT2D eigenvalue weighted by Crippen LogP contribution is -2.41. The molecule has 3 aromatic carbocycles. The molecule has 1 saturated heterocycles. The quantitative estimate of drug-likeness (QED) is 0.101. The molecule has 0 saturated carbocycles. The van der Waals surface area contributed by atoms with E-state index in [4.69, 9.17) is 39.1 Å². The summed E-state index contributed by atoms with van der Waals surface area (Å²) >= 11 is 0. The Morgan fingerprint density at radius 3 is 2.48 bits per heavy atom. The van der Waals surface area contributed by atoms with E-state index in [1.807, 2.05) is 24.3 Å². The molecule has 5 rings (SSSR count). The first-order valence-electron chi connectivity index (χ1n) is 16.2. The molecule has 4 aromatic rings. The number of nitrogens with one attached hydrogen (secondary N) is 4. The average molecular weight is 686 g/mol. The topological polar surface area (TPSA) is 169 Å². The second-order valence-electron chi connectivity index (χ2n) is 12.5. The summed E-state index contributed by atoms with van der Waals surface area (Å²) in [6.07, 6.45) is 0.523. The van der Waals surface area contributed by atoms with Gasteiger partial charge in [0.25, 0.3) is 0 Å². The zero-order chi connectivity index (χ0) is 35.7. The fraction of sp³-hybridized carbons (Fsp3) is 0.361. The minimum absolute atomic E-state index is 0.122. The Morgan fingerprint density at radius 1 is 0.960 bits per heavy atom. The number of anilines is 4. The van der Waals surface area contributed by atoms with Gasteiger partial charge in [-0.3, -0.25) is 15.0 Å². The third-order valence-corrected chi connectivity index (χ3v) is 7.51. The molecule has 0 spiro atoms. The molecule has 1 fully saturated rings. The van der Waals surface area contributed by atoms with Crippen LogP contribution in [0.4, 0.5) is 27.7 Å². The van der Waals surface area contributed by atoms with Crippen molar-refractivity contribution in [1.29, 1.82) is 5.41 Å². The zero-order valence-corrected chi connectivity index (χ0v) is 28.9. The molecule has 264 valence electrons. The Bertz CT molecular complexity index is 1840. The predicted octanol–water partition coefficient (Wildman–Crippen LogP) is 5.69. The Balaban J connectivity index is 1.49. The normalized spacial score (nSPS) is 13.4. The number of nitrogens with zero attached hydrogens (tertiary/aromatic N) is 3. The molecule has 14 heteroatoms. The minimum Gasteiger partial charge on any atom is -0.493 e. The van der Waals surface area contributed by atoms with Crippen molar-refractivity contribution in [3.05, 3.63) is 60.2 Å². The molecule has 0 bridgehead atoms. The Kier molecular flexibility index (Phi) is 11.8. The lowest BCUT2D eigenvalue weighted by atomic mass is 10.1. The molecular weight excluding hydrogens is 642 g/mol. The predicted molar refractivity (Wildman–Crippen MR) is 192 cm³/mol. The van der Waals surface area contributed by atoms with Crippen LogP contribution in [-0.4, -0.2) is 99.0 Å². The van der Waals surface area contributed by atoms with Gasteiger partial charge in [0.2, 0.25) is 5.91 Å². The van der Waals surface area contributed by atoms with Gasteiger partial charge in [-0.1, -0.05) is 12.1 Å². The van der Waals surface area contributed by atoms with Gasteiger partial charge < -0.3 is 39.7 Å². The largest absolute Gasteiger partial charge is 0.493 e. The van der Waals surface area contributed by atoms with Gasteiger partial charge in [-0.2, -0.15) is 0 Å². The molecule has 14 nitrogen and oxygen atoms in total. The van der Waals surface area contributed by atoms with Crippen LogP contribution in [0.15, 0.2) is 54.6 Å². The van der Waals surface area contributed by atoms with Crippen molar-refractivity contribution < 1.29 is 33.3 Å². The third kappa shape index (κ3) is 9.65. The van der Waals surface area contributed by atoms with Crippen molar-refractivity contribution in [3.8, 4) is 22.9 Å². The second kappa shape index (κ2) is 16.4. The van der Waals surface area contributed by atoms with E-state index in [0.29, 0.717) is 102 Å². The lowest BCUT2D eigenvalue weighted by molar-refractivity contribution is -0.118. The van der Waals surface area contributed by atoms with Gasteiger partial charge in [0.15, 0.2) is 17.3 Å². The monoisotopic (exact) mass is 685 g/mol. The van der Waals surface area contributed by atoms with Crippen molar-refractivity contribution in [2.75, 3.05) is 76.2 Å². The fourth-order valence-corrected chi connectivity index (χ4v) is 5.19. The number of amides is 2. The van der Waals surface area contributed by atoms with Gasteiger partial charge in [0.05, 0.1) is 44.7 Å². The summed E-state index contributed by atoms with van der Waals surface area (Å²) in [6, 6.07) is 16.1. The number of benzene rings is 3. The summed E-state index contributed by atoms with van der Waals surface area (Å²) in [5.41, 5.74) is 2.66. The first kappa shape index (κ1) is 36.0. The highest BCUT2D eigenvalue weighted by Gasteiger charge is 2.19. The molecule has 1 aliphatic rings. The van der Waals surface area contributed by atoms with Gasteiger partial charge in [-0.25, -0.2) is 14.8 Å². The third-order valence-electron chi connectivity index (χ3n) is 7.51. The van der Waals surface area contributed by atoms with Crippen molar-refractivity contribution in [2.45, 2.75) is 26.4 Å². The van der Waals surface area contributed by atoms with Crippen LogP contribution < -0.4 is 25.4 Å². The Morgan fingerprint density at radius 2 is 1.76 bits per heavy atom. The molecule has 2 heterocycles. The van der Waals surface area contributed by atoms with E-state index >= 15 is 0 Å². The van der Waals surface area contributed by atoms with Gasteiger partial charge in [0, 0.05) is 60.4 Å². The van der Waals surface area contributed by atoms with Gasteiger partial charge in [-0.15, -0.1) is 0 Å². The molecule has 0 aliphatic carbocycles. The summed E-state index contributed by atoms with van der Waals surface area (Å²) in [7, 11) is 3.15. The lowest BCUT2D eigenvalue weighted by Gasteiger charge is -2.25. The standard InChI is InChI=1S/C36H43N7O7/c1-36(2,3)50-35(45)41-28-10-9-26(18-24(28)21-37)39-34-27-19-31(49-16-15-46-4)30(47-5)20-29(27)40-33(42-34)23-7-6-8-25(17-23)38-32(44)22-43-11-13-48-14-12-43/h6-10,17-21,37H,11-16,22H2,1-5H3,(H,38,44)(H,41,45)(H,39,40,42). The number of hydrogen-bond donors (Lipinski definition) is 4. The number of hydrogen-bond acceptors (Lipinski definition) is 12. The van der Waals surface area contributed by atoms with Crippen LogP contribution in [-0.2, 0) is 19.0 Å². The summed E-state index contributed by atoms with van der Waals surface area (Å²) in [6.45, 7) is 8.93. The minimum atomic E-state index is -0.676. The highest BCUT2D eigenvalue weighted by molar-refractivity contribution is 5.98. The number of rotatable bonds is 13. The van der Waals surface area contributed by atoms with Gasteiger partial charge in [0.1, 0.15) is 18.0 Å². The number of carbonyl (C=O) groups excluding carboxylic acids is 2. The average Bonchev–Trinajstić information content (AvgIpc) is 3.08. The van der Waals surface area contributed by atoms with E-state index < -0.39 is 11.7 Å². The maximum Gasteiger partial charge on any atom is 0.412 e. The van der Waals surface area contributed by atoms with Gasteiger partial charge >= 0.3 is 6.09 Å². The molecule has 1 aliphatic heterocycles. The van der Waals surface area contributed by atoms with E-state index in [9.17, 15) is 9.59 Å². The zero-order valence-electron chi connectivity index (χ0n) is 28.9. The van der Waals surface area contributed by atoms with E-state index in [-0.39, 0.29) is 12.5 Å². The molecule has 0 atom stereocenters. The van der Waals surface area contributed by atoms with E-state index in [1.54, 1.807) is 65.3 Å². The maximum absolute atomic E-state index is 12.8. The SMILES string of the molecule is COCCOc1cc2c(Nc3ccc(NC(=O)OC(C)(C)C)c(C=N)c3)nc(-c3cccc(NC(=O)CN4CCOCC4)c3)nc2cc1OC. The van der Waals surface area contributed by atoms with Crippen molar-refractivity contribution in [3.63, 3.8) is 0 Å². The Labute approximate surface area is 290 Å². The number of morpholine rings is 1. The van der Waals surface area contributed by atoms with E-state index in [0.717, 1.165) is 6.21 Å². The summed E-state index contributed by atoms with van der Waals surface area (Å²) in [5, 5.41) is 17.7. The summed E-state index contributed by atoms with van der Waals surface area (Å²) in [4.78, 5) is 37.1. The van der Waals surface area contributed by atoms with Crippen LogP contribution in [0.2, 0.25) is 0 Å². The summed E-state index contributed by atoms with van der Waals surface area (Å²) < 4.78 is 27.5. The molecule has 2 amide bonds. The molecule has 0 unspecified atom stereocenters. The molecule has 4 N–H and O–H groups in total.